The molecule has 0 aromatic rings. The first-order valence-electron chi connectivity index (χ1n) is 9.17. The fraction of sp³-hybridized carbons (Fsp3) is 0.889. The quantitative estimate of drug-likeness (QED) is 0.612. The SMILES string of the molecule is O=C(N/N=C/C1CCCC2CCCCC12)C1CCCCC1. The summed E-state index contributed by atoms with van der Waals surface area (Å²) in [5.41, 5.74) is 2.83. The molecule has 0 saturated heterocycles. The number of nitrogens with zero attached hydrogens (tertiary/aromatic N) is 1. The zero-order chi connectivity index (χ0) is 14.5. The summed E-state index contributed by atoms with van der Waals surface area (Å²) < 4.78 is 0. The Balaban J connectivity index is 1.49. The first kappa shape index (κ1) is 15.1. The number of hydrogen-bond donors (Lipinski definition) is 1. The number of fused-ring (bicyclic) bond motifs is 1. The van der Waals surface area contributed by atoms with E-state index in [0.717, 1.165) is 24.7 Å². The molecular weight excluding hydrogens is 260 g/mol. The Labute approximate surface area is 129 Å². The first-order chi connectivity index (χ1) is 10.3. The van der Waals surface area contributed by atoms with E-state index in [1.54, 1.807) is 0 Å². The van der Waals surface area contributed by atoms with Crippen LogP contribution >= 0.6 is 0 Å². The van der Waals surface area contributed by atoms with Crippen molar-refractivity contribution in [3.63, 3.8) is 0 Å². The molecule has 0 aromatic heterocycles. The number of hydrogen-bond acceptors (Lipinski definition) is 2. The van der Waals surface area contributed by atoms with E-state index >= 15 is 0 Å². The number of nitrogens with one attached hydrogen (secondary N) is 1. The third-order valence-corrected chi connectivity index (χ3v) is 6.05. The summed E-state index contributed by atoms with van der Waals surface area (Å²) in [4.78, 5) is 12.1. The van der Waals surface area contributed by atoms with Gasteiger partial charge >= 0.3 is 0 Å². The molecule has 1 N–H and O–H groups in total. The maximum absolute atomic E-state index is 12.1. The second-order valence-corrected chi connectivity index (χ2v) is 7.39. The minimum Gasteiger partial charge on any atom is -0.273 e. The molecule has 3 aliphatic carbocycles. The summed E-state index contributed by atoms with van der Waals surface area (Å²) in [5, 5.41) is 4.34. The Hall–Kier alpha value is -0.860. The molecule has 3 unspecified atom stereocenters. The van der Waals surface area contributed by atoms with Crippen LogP contribution in [0, 0.1) is 23.7 Å². The maximum Gasteiger partial charge on any atom is 0.243 e. The molecule has 3 saturated carbocycles. The number of amides is 1. The zero-order valence-corrected chi connectivity index (χ0v) is 13.2. The van der Waals surface area contributed by atoms with Gasteiger partial charge in [0.05, 0.1) is 0 Å². The van der Waals surface area contributed by atoms with Crippen molar-refractivity contribution in [2.45, 2.75) is 77.0 Å². The van der Waals surface area contributed by atoms with E-state index in [4.69, 9.17) is 0 Å². The van der Waals surface area contributed by atoms with Gasteiger partial charge in [-0.15, -0.1) is 0 Å². The summed E-state index contributed by atoms with van der Waals surface area (Å²) in [6.07, 6.45) is 17.5. The predicted molar refractivity (Wildman–Crippen MR) is 86.0 cm³/mol. The van der Waals surface area contributed by atoms with Gasteiger partial charge in [0.15, 0.2) is 0 Å². The van der Waals surface area contributed by atoms with E-state index in [9.17, 15) is 4.79 Å². The molecule has 118 valence electrons. The van der Waals surface area contributed by atoms with Crippen LogP contribution in [0.25, 0.3) is 0 Å². The molecule has 0 spiro atoms. The molecule has 3 aliphatic rings. The summed E-state index contributed by atoms with van der Waals surface area (Å²) in [7, 11) is 0. The van der Waals surface area contributed by atoms with Crippen molar-refractivity contribution in [3.05, 3.63) is 0 Å². The van der Waals surface area contributed by atoms with Gasteiger partial charge in [0.1, 0.15) is 0 Å². The molecular formula is C18H30N2O. The van der Waals surface area contributed by atoms with Crippen molar-refractivity contribution >= 4 is 12.1 Å². The zero-order valence-electron chi connectivity index (χ0n) is 13.2. The first-order valence-corrected chi connectivity index (χ1v) is 9.17. The largest absolute Gasteiger partial charge is 0.273 e. The van der Waals surface area contributed by atoms with Gasteiger partial charge in [-0.3, -0.25) is 4.79 Å². The van der Waals surface area contributed by atoms with Gasteiger partial charge in [0.25, 0.3) is 0 Å². The van der Waals surface area contributed by atoms with Gasteiger partial charge in [-0.25, -0.2) is 5.43 Å². The van der Waals surface area contributed by atoms with Crippen LogP contribution in [0.3, 0.4) is 0 Å². The lowest BCUT2D eigenvalue weighted by Gasteiger charge is -2.39. The van der Waals surface area contributed by atoms with Crippen molar-refractivity contribution in [2.75, 3.05) is 0 Å². The number of rotatable bonds is 3. The molecule has 3 fully saturated rings. The third kappa shape index (κ3) is 3.87. The molecule has 0 bridgehead atoms. The van der Waals surface area contributed by atoms with E-state index in [1.807, 2.05) is 0 Å². The van der Waals surface area contributed by atoms with Gasteiger partial charge in [0, 0.05) is 12.1 Å². The van der Waals surface area contributed by atoms with Crippen molar-refractivity contribution in [3.8, 4) is 0 Å². The Bertz CT molecular complexity index is 371. The minimum atomic E-state index is 0.155. The van der Waals surface area contributed by atoms with Crippen LogP contribution in [0.15, 0.2) is 5.10 Å². The Morgan fingerprint density at radius 3 is 2.43 bits per heavy atom. The van der Waals surface area contributed by atoms with Crippen LogP contribution in [0.5, 0.6) is 0 Å². The Morgan fingerprint density at radius 2 is 1.57 bits per heavy atom. The van der Waals surface area contributed by atoms with Crippen LogP contribution in [0.2, 0.25) is 0 Å². The fourth-order valence-corrected chi connectivity index (χ4v) is 4.83. The van der Waals surface area contributed by atoms with Gasteiger partial charge < -0.3 is 0 Å². The second kappa shape index (κ2) is 7.42. The summed E-state index contributed by atoms with van der Waals surface area (Å²) in [5.74, 6) is 2.74. The monoisotopic (exact) mass is 290 g/mol. The highest BCUT2D eigenvalue weighted by Gasteiger charge is 2.33. The summed E-state index contributed by atoms with van der Waals surface area (Å²) >= 11 is 0. The average molecular weight is 290 g/mol. The molecule has 3 heteroatoms. The highest BCUT2D eigenvalue weighted by molar-refractivity contribution is 5.79. The van der Waals surface area contributed by atoms with Crippen molar-refractivity contribution in [2.24, 2.45) is 28.8 Å². The van der Waals surface area contributed by atoms with Crippen molar-refractivity contribution < 1.29 is 4.79 Å². The highest BCUT2D eigenvalue weighted by atomic mass is 16.2. The van der Waals surface area contributed by atoms with Crippen LogP contribution in [0.1, 0.15) is 77.0 Å². The summed E-state index contributed by atoms with van der Waals surface area (Å²) in [6, 6.07) is 0. The van der Waals surface area contributed by atoms with E-state index in [2.05, 4.69) is 16.7 Å². The van der Waals surface area contributed by atoms with Crippen molar-refractivity contribution in [1.29, 1.82) is 0 Å². The molecule has 0 heterocycles. The summed E-state index contributed by atoms with van der Waals surface area (Å²) in [6.45, 7) is 0. The van der Waals surface area contributed by atoms with Crippen LogP contribution in [-0.4, -0.2) is 12.1 Å². The van der Waals surface area contributed by atoms with Crippen LogP contribution < -0.4 is 5.43 Å². The molecule has 1 amide bonds. The van der Waals surface area contributed by atoms with Crippen molar-refractivity contribution in [1.82, 2.24) is 5.43 Å². The number of hydrazone groups is 1. The smallest absolute Gasteiger partial charge is 0.243 e. The van der Waals surface area contributed by atoms with E-state index in [-0.39, 0.29) is 11.8 Å². The lowest BCUT2D eigenvalue weighted by Crippen LogP contribution is -2.33. The Morgan fingerprint density at radius 1 is 0.857 bits per heavy atom. The topological polar surface area (TPSA) is 41.5 Å². The van der Waals surface area contributed by atoms with E-state index in [0.29, 0.717) is 5.92 Å². The van der Waals surface area contributed by atoms with E-state index < -0.39 is 0 Å². The minimum absolute atomic E-state index is 0.155. The number of carbonyl (C=O) groups is 1. The normalized spacial score (nSPS) is 34.6. The Kier molecular flexibility index (Phi) is 5.32. The molecule has 3 nitrogen and oxygen atoms in total. The average Bonchev–Trinajstić information content (AvgIpc) is 2.56. The second-order valence-electron chi connectivity index (χ2n) is 7.39. The third-order valence-electron chi connectivity index (χ3n) is 6.05. The molecule has 0 aromatic carbocycles. The standard InChI is InChI=1S/C18H30N2O/c21-18(15-8-2-1-3-9-15)20-19-13-16-11-6-10-14-7-4-5-12-17(14)16/h13-17H,1-12H2,(H,20,21)/b19-13+. The van der Waals surface area contributed by atoms with Crippen LogP contribution in [-0.2, 0) is 4.79 Å². The molecule has 21 heavy (non-hydrogen) atoms. The molecule has 3 atom stereocenters. The molecule has 0 aliphatic heterocycles. The van der Waals surface area contributed by atoms with Gasteiger partial charge in [-0.2, -0.15) is 5.10 Å². The van der Waals surface area contributed by atoms with Gasteiger partial charge in [-0.1, -0.05) is 51.4 Å². The lowest BCUT2D eigenvalue weighted by atomic mass is 9.66. The highest BCUT2D eigenvalue weighted by Crippen LogP contribution is 2.43. The molecule has 3 rings (SSSR count). The van der Waals surface area contributed by atoms with Gasteiger partial charge in [-0.05, 0) is 43.4 Å². The predicted octanol–water partition coefficient (Wildman–Crippen LogP) is 4.28. The number of carbonyl (C=O) groups excluding carboxylic acids is 1. The molecule has 0 radical (unpaired) electrons. The fourth-order valence-electron chi connectivity index (χ4n) is 4.83. The van der Waals surface area contributed by atoms with E-state index in [1.165, 1.54) is 64.2 Å². The van der Waals surface area contributed by atoms with Crippen LogP contribution in [0.4, 0.5) is 0 Å². The van der Waals surface area contributed by atoms with Gasteiger partial charge in [0.2, 0.25) is 5.91 Å². The lowest BCUT2D eigenvalue weighted by molar-refractivity contribution is -0.125. The maximum atomic E-state index is 12.1.